The Hall–Kier alpha value is -2.21. The molecule has 0 unspecified atom stereocenters. The minimum atomic E-state index is -0.197. The van der Waals surface area contributed by atoms with E-state index in [1.165, 1.54) is 7.11 Å². The predicted octanol–water partition coefficient (Wildman–Crippen LogP) is 1.77. The summed E-state index contributed by atoms with van der Waals surface area (Å²) in [6.07, 6.45) is 4.23. The normalized spacial score (nSPS) is 15.2. The maximum Gasteiger partial charge on any atom is 0.274 e. The Morgan fingerprint density at radius 1 is 1.30 bits per heavy atom. The van der Waals surface area contributed by atoms with E-state index in [0.29, 0.717) is 5.39 Å². The zero-order chi connectivity index (χ0) is 16.2. The molecule has 1 aliphatic carbocycles. The lowest BCUT2D eigenvalue weighted by Crippen LogP contribution is -2.31. The van der Waals surface area contributed by atoms with E-state index in [1.807, 2.05) is 24.3 Å². The number of amides is 1. The number of carbonyl (C=O) groups excluding carboxylic acids is 1. The van der Waals surface area contributed by atoms with Crippen molar-refractivity contribution in [3.05, 3.63) is 40.3 Å². The molecule has 2 aromatic rings. The first-order valence-corrected chi connectivity index (χ1v) is 7.97. The lowest BCUT2D eigenvalue weighted by molar-refractivity contribution is -0.124. The number of nitrogens with zero attached hydrogens (tertiary/aromatic N) is 2. The summed E-state index contributed by atoms with van der Waals surface area (Å²) in [6.45, 7) is 0.301. The molecule has 0 spiro atoms. The van der Waals surface area contributed by atoms with Crippen molar-refractivity contribution >= 4 is 16.7 Å². The molecule has 0 bridgehead atoms. The van der Waals surface area contributed by atoms with Crippen LogP contribution in [0.4, 0.5) is 0 Å². The highest BCUT2D eigenvalue weighted by atomic mass is 16.5. The average molecular weight is 315 g/mol. The quantitative estimate of drug-likeness (QED) is 0.912. The Morgan fingerprint density at radius 2 is 2.00 bits per heavy atom. The molecule has 6 heteroatoms. The Morgan fingerprint density at radius 3 is 2.70 bits per heavy atom. The fourth-order valence-electron chi connectivity index (χ4n) is 3.17. The first kappa shape index (κ1) is 15.7. The monoisotopic (exact) mass is 315 g/mol. The van der Waals surface area contributed by atoms with Crippen LogP contribution in [0.15, 0.2) is 29.1 Å². The van der Waals surface area contributed by atoms with Crippen LogP contribution in [0.5, 0.6) is 0 Å². The van der Waals surface area contributed by atoms with E-state index in [2.05, 4.69) is 10.4 Å². The molecule has 6 nitrogen and oxygen atoms in total. The van der Waals surface area contributed by atoms with Crippen LogP contribution in [-0.4, -0.2) is 29.4 Å². The molecule has 3 rings (SSSR count). The molecule has 122 valence electrons. The topological polar surface area (TPSA) is 73.2 Å². The predicted molar refractivity (Wildman–Crippen MR) is 87.2 cm³/mol. The van der Waals surface area contributed by atoms with Crippen LogP contribution in [0, 0.1) is 0 Å². The molecular formula is C17H21N3O3. The van der Waals surface area contributed by atoms with Crippen LogP contribution < -0.4 is 10.9 Å². The Balaban J connectivity index is 1.99. The second-order valence-corrected chi connectivity index (χ2v) is 5.89. The number of aromatic nitrogens is 2. The number of hydrogen-bond donors (Lipinski definition) is 1. The van der Waals surface area contributed by atoms with E-state index >= 15 is 0 Å². The summed E-state index contributed by atoms with van der Waals surface area (Å²) in [6, 6.07) is 7.60. The van der Waals surface area contributed by atoms with Gasteiger partial charge in [0.1, 0.15) is 6.61 Å². The number of nitrogens with one attached hydrogen (secondary N) is 1. The minimum absolute atomic E-state index is 0.0141. The van der Waals surface area contributed by atoms with Crippen molar-refractivity contribution in [3.63, 3.8) is 0 Å². The summed E-state index contributed by atoms with van der Waals surface area (Å²) < 4.78 is 6.43. The van der Waals surface area contributed by atoms with E-state index in [1.54, 1.807) is 4.68 Å². The first-order chi connectivity index (χ1) is 11.2. The third-order valence-corrected chi connectivity index (χ3v) is 4.30. The molecule has 1 aromatic heterocycles. The van der Waals surface area contributed by atoms with E-state index < -0.39 is 0 Å². The van der Waals surface area contributed by atoms with Gasteiger partial charge in [0.2, 0.25) is 5.91 Å². The Labute approximate surface area is 134 Å². The third kappa shape index (κ3) is 3.27. The van der Waals surface area contributed by atoms with Gasteiger partial charge in [-0.25, -0.2) is 4.68 Å². The van der Waals surface area contributed by atoms with Crippen LogP contribution >= 0.6 is 0 Å². The highest BCUT2D eigenvalue weighted by molar-refractivity contribution is 5.84. The number of hydrogen-bond acceptors (Lipinski definition) is 4. The standard InChI is InChI=1S/C17H21N3O3/c1-23-11-16(21)18-10-15-13-8-4-5-9-14(13)17(22)20(19-15)12-6-2-3-7-12/h4-5,8-9,12H,2-3,6-7,10-11H2,1H3,(H,18,21). The summed E-state index contributed by atoms with van der Waals surface area (Å²) in [5, 5.41) is 8.80. The van der Waals surface area contributed by atoms with Crippen LogP contribution in [-0.2, 0) is 16.1 Å². The fourth-order valence-corrected chi connectivity index (χ4v) is 3.17. The van der Waals surface area contributed by atoms with Crippen molar-refractivity contribution in [1.29, 1.82) is 0 Å². The summed E-state index contributed by atoms with van der Waals surface area (Å²) in [7, 11) is 1.48. The van der Waals surface area contributed by atoms with Gasteiger partial charge in [-0.15, -0.1) is 0 Å². The summed E-state index contributed by atoms with van der Waals surface area (Å²) in [5.41, 5.74) is 0.677. The molecule has 1 aliphatic rings. The van der Waals surface area contributed by atoms with Crippen molar-refractivity contribution in [2.24, 2.45) is 0 Å². The van der Waals surface area contributed by atoms with Crippen molar-refractivity contribution < 1.29 is 9.53 Å². The summed E-state index contributed by atoms with van der Waals surface area (Å²) in [4.78, 5) is 24.3. The van der Waals surface area contributed by atoms with Gasteiger partial charge in [0.05, 0.1) is 23.7 Å². The lowest BCUT2D eigenvalue weighted by Gasteiger charge is -2.16. The van der Waals surface area contributed by atoms with Crippen LogP contribution in [0.1, 0.15) is 37.4 Å². The maximum absolute atomic E-state index is 12.7. The van der Waals surface area contributed by atoms with Gasteiger partial charge in [-0.2, -0.15) is 5.10 Å². The Bertz CT molecular complexity index is 763. The minimum Gasteiger partial charge on any atom is -0.375 e. The van der Waals surface area contributed by atoms with E-state index in [-0.39, 0.29) is 30.7 Å². The fraction of sp³-hybridized carbons (Fsp3) is 0.471. The second-order valence-electron chi connectivity index (χ2n) is 5.89. The van der Waals surface area contributed by atoms with Gasteiger partial charge in [-0.3, -0.25) is 9.59 Å². The molecule has 0 aliphatic heterocycles. The second kappa shape index (κ2) is 6.91. The molecule has 1 amide bonds. The van der Waals surface area contributed by atoms with Crippen molar-refractivity contribution in [1.82, 2.24) is 15.1 Å². The molecule has 1 aromatic carbocycles. The van der Waals surface area contributed by atoms with Gasteiger partial charge >= 0.3 is 0 Å². The summed E-state index contributed by atoms with van der Waals surface area (Å²) >= 11 is 0. The van der Waals surface area contributed by atoms with E-state index in [4.69, 9.17) is 4.74 Å². The summed E-state index contributed by atoms with van der Waals surface area (Å²) in [5.74, 6) is -0.197. The number of methoxy groups -OCH3 is 1. The molecule has 23 heavy (non-hydrogen) atoms. The van der Waals surface area contributed by atoms with Gasteiger partial charge in [0.15, 0.2) is 0 Å². The van der Waals surface area contributed by atoms with Crippen molar-refractivity contribution in [2.75, 3.05) is 13.7 Å². The number of rotatable bonds is 5. The average Bonchev–Trinajstić information content (AvgIpc) is 3.09. The smallest absolute Gasteiger partial charge is 0.274 e. The van der Waals surface area contributed by atoms with Crippen molar-refractivity contribution in [2.45, 2.75) is 38.3 Å². The molecule has 1 heterocycles. The van der Waals surface area contributed by atoms with Crippen LogP contribution in [0.2, 0.25) is 0 Å². The van der Waals surface area contributed by atoms with Crippen LogP contribution in [0.25, 0.3) is 10.8 Å². The molecule has 0 saturated heterocycles. The highest BCUT2D eigenvalue weighted by Gasteiger charge is 2.21. The number of fused-ring (bicyclic) bond motifs is 1. The molecule has 1 saturated carbocycles. The Kier molecular flexibility index (Phi) is 4.71. The molecule has 1 fully saturated rings. The largest absolute Gasteiger partial charge is 0.375 e. The first-order valence-electron chi connectivity index (χ1n) is 7.97. The maximum atomic E-state index is 12.7. The van der Waals surface area contributed by atoms with Gasteiger partial charge in [-0.1, -0.05) is 31.0 Å². The van der Waals surface area contributed by atoms with E-state index in [9.17, 15) is 9.59 Å². The van der Waals surface area contributed by atoms with Gasteiger partial charge in [-0.05, 0) is 18.9 Å². The lowest BCUT2D eigenvalue weighted by atomic mass is 10.1. The molecule has 0 atom stereocenters. The van der Waals surface area contributed by atoms with Gasteiger partial charge in [0.25, 0.3) is 5.56 Å². The SMILES string of the molecule is COCC(=O)NCc1nn(C2CCCC2)c(=O)c2ccccc12. The number of ether oxygens (including phenoxy) is 1. The zero-order valence-corrected chi connectivity index (χ0v) is 13.2. The third-order valence-electron chi connectivity index (χ3n) is 4.30. The van der Waals surface area contributed by atoms with Crippen LogP contribution in [0.3, 0.4) is 0 Å². The van der Waals surface area contributed by atoms with Crippen molar-refractivity contribution in [3.8, 4) is 0 Å². The number of carbonyl (C=O) groups is 1. The molecule has 0 radical (unpaired) electrons. The van der Waals surface area contributed by atoms with E-state index in [0.717, 1.165) is 36.8 Å². The van der Waals surface area contributed by atoms with Gasteiger partial charge in [0, 0.05) is 12.5 Å². The highest BCUT2D eigenvalue weighted by Crippen LogP contribution is 2.28. The molecule has 1 N–H and O–H groups in total. The van der Waals surface area contributed by atoms with Gasteiger partial charge < -0.3 is 10.1 Å². The zero-order valence-electron chi connectivity index (χ0n) is 13.2. The molecular weight excluding hydrogens is 294 g/mol. The number of benzene rings is 1.